The number of hydrogen-bond acceptors (Lipinski definition) is 8. The van der Waals surface area contributed by atoms with Crippen molar-refractivity contribution >= 4 is 23.6 Å². The van der Waals surface area contributed by atoms with Gasteiger partial charge in [-0.3, -0.25) is 38.8 Å². The van der Waals surface area contributed by atoms with Crippen LogP contribution >= 0.6 is 0 Å². The molecule has 172 valence electrons. The molecule has 0 aliphatic carbocycles. The number of carbonyl (C=O) groups is 4. The van der Waals surface area contributed by atoms with Crippen molar-refractivity contribution in [1.29, 1.82) is 0 Å². The van der Waals surface area contributed by atoms with E-state index < -0.39 is 17.7 Å². The van der Waals surface area contributed by atoms with Gasteiger partial charge in [-0.15, -0.1) is 0 Å². The SMILES string of the molecule is CCNC(=O)CN1CCN(CC(N)=O)CCN(CC(N)=O)CCN(CC(N)=O)CC1. The number of rotatable bonds is 9. The third kappa shape index (κ3) is 11.7. The highest BCUT2D eigenvalue weighted by Gasteiger charge is 2.20. The summed E-state index contributed by atoms with van der Waals surface area (Å²) in [6.07, 6.45) is 0. The second-order valence-corrected chi connectivity index (χ2v) is 7.46. The van der Waals surface area contributed by atoms with Crippen molar-refractivity contribution < 1.29 is 19.2 Å². The number of hydrogen-bond donors (Lipinski definition) is 4. The summed E-state index contributed by atoms with van der Waals surface area (Å²) in [5, 5.41) is 2.78. The highest BCUT2D eigenvalue weighted by molar-refractivity contribution is 5.78. The number of nitrogens with two attached hydrogens (primary N) is 3. The normalized spacial score (nSPS) is 18.8. The summed E-state index contributed by atoms with van der Waals surface area (Å²) in [5.41, 5.74) is 16.1. The van der Waals surface area contributed by atoms with Crippen molar-refractivity contribution in [3.8, 4) is 0 Å². The first-order valence-electron chi connectivity index (χ1n) is 10.2. The standard InChI is InChI=1S/C18H36N8O4/c1-2-22-18(30)14-26-9-7-24(12-16(20)28)5-3-23(11-15(19)27)4-6-25(8-10-26)13-17(21)29/h2-14H2,1H3,(H2,19,27)(H2,20,28)(H2,21,29)(H,22,30). The molecule has 0 atom stereocenters. The van der Waals surface area contributed by atoms with Crippen LogP contribution in [0.1, 0.15) is 6.92 Å². The largest absolute Gasteiger partial charge is 0.369 e. The van der Waals surface area contributed by atoms with Crippen LogP contribution in [0.15, 0.2) is 0 Å². The van der Waals surface area contributed by atoms with Gasteiger partial charge in [-0.25, -0.2) is 0 Å². The first-order chi connectivity index (χ1) is 14.2. The molecule has 0 unspecified atom stereocenters. The predicted molar refractivity (Wildman–Crippen MR) is 112 cm³/mol. The van der Waals surface area contributed by atoms with Crippen LogP contribution in [-0.4, -0.2) is 128 Å². The van der Waals surface area contributed by atoms with Gasteiger partial charge in [0, 0.05) is 58.9 Å². The second kappa shape index (κ2) is 13.9. The Labute approximate surface area is 177 Å². The summed E-state index contributed by atoms with van der Waals surface area (Å²) >= 11 is 0. The van der Waals surface area contributed by atoms with Gasteiger partial charge in [-0.2, -0.15) is 0 Å². The van der Waals surface area contributed by atoms with Crippen molar-refractivity contribution in [2.75, 3.05) is 85.1 Å². The number of amides is 4. The van der Waals surface area contributed by atoms with E-state index in [1.165, 1.54) is 0 Å². The molecule has 0 saturated carbocycles. The Balaban J connectivity index is 2.92. The Bertz CT molecular complexity index is 557. The van der Waals surface area contributed by atoms with Gasteiger partial charge in [0.25, 0.3) is 0 Å². The average molecular weight is 429 g/mol. The number of nitrogens with one attached hydrogen (secondary N) is 1. The van der Waals surface area contributed by atoms with E-state index in [0.29, 0.717) is 58.9 Å². The summed E-state index contributed by atoms with van der Waals surface area (Å²) in [6.45, 7) is 7.09. The molecule has 1 rings (SSSR count). The minimum atomic E-state index is -0.446. The maximum Gasteiger partial charge on any atom is 0.234 e. The minimum Gasteiger partial charge on any atom is -0.369 e. The molecule has 0 aromatic heterocycles. The van der Waals surface area contributed by atoms with Gasteiger partial charge in [0.05, 0.1) is 26.2 Å². The van der Waals surface area contributed by atoms with E-state index in [2.05, 4.69) is 5.32 Å². The topological polar surface area (TPSA) is 171 Å². The van der Waals surface area contributed by atoms with Gasteiger partial charge in [0.1, 0.15) is 0 Å². The average Bonchev–Trinajstić information content (AvgIpc) is 2.62. The zero-order valence-corrected chi connectivity index (χ0v) is 17.8. The second-order valence-electron chi connectivity index (χ2n) is 7.46. The molecule has 12 heteroatoms. The fourth-order valence-corrected chi connectivity index (χ4v) is 3.33. The maximum absolute atomic E-state index is 12.1. The Morgan fingerprint density at radius 2 is 0.867 bits per heavy atom. The van der Waals surface area contributed by atoms with Gasteiger partial charge < -0.3 is 22.5 Å². The summed E-state index contributed by atoms with van der Waals surface area (Å²) in [7, 11) is 0. The van der Waals surface area contributed by atoms with E-state index in [0.717, 1.165) is 0 Å². The van der Waals surface area contributed by atoms with E-state index >= 15 is 0 Å². The molecule has 0 bridgehead atoms. The highest BCUT2D eigenvalue weighted by atomic mass is 16.2. The van der Waals surface area contributed by atoms with E-state index in [-0.39, 0.29) is 32.1 Å². The molecule has 0 aromatic rings. The predicted octanol–water partition coefficient (Wildman–Crippen LogP) is -4.20. The molecule has 1 fully saturated rings. The molecule has 1 aliphatic rings. The molecule has 1 saturated heterocycles. The molecular formula is C18H36N8O4. The lowest BCUT2D eigenvalue weighted by molar-refractivity contribution is -0.123. The van der Waals surface area contributed by atoms with Crippen LogP contribution in [0.2, 0.25) is 0 Å². The Morgan fingerprint density at radius 3 is 1.10 bits per heavy atom. The number of likely N-dealkylation sites (N-methyl/N-ethyl adjacent to an activating group) is 1. The molecule has 0 aromatic carbocycles. The van der Waals surface area contributed by atoms with Crippen LogP contribution in [0.4, 0.5) is 0 Å². The first kappa shape index (κ1) is 25.8. The van der Waals surface area contributed by atoms with E-state index in [1.54, 1.807) is 0 Å². The van der Waals surface area contributed by atoms with E-state index in [4.69, 9.17) is 17.2 Å². The maximum atomic E-state index is 12.1. The Kier molecular flexibility index (Phi) is 11.9. The fourth-order valence-electron chi connectivity index (χ4n) is 3.33. The smallest absolute Gasteiger partial charge is 0.234 e. The lowest BCUT2D eigenvalue weighted by Gasteiger charge is -2.33. The summed E-state index contributed by atoms with van der Waals surface area (Å²) < 4.78 is 0. The molecule has 1 aliphatic heterocycles. The molecule has 1 heterocycles. The molecule has 4 amide bonds. The Morgan fingerprint density at radius 1 is 0.600 bits per heavy atom. The van der Waals surface area contributed by atoms with Crippen LogP contribution < -0.4 is 22.5 Å². The zero-order valence-electron chi connectivity index (χ0n) is 17.8. The monoisotopic (exact) mass is 428 g/mol. The summed E-state index contributed by atoms with van der Waals surface area (Å²) in [5.74, 6) is -1.41. The van der Waals surface area contributed by atoms with Gasteiger partial charge in [-0.1, -0.05) is 0 Å². The first-order valence-corrected chi connectivity index (χ1v) is 10.2. The van der Waals surface area contributed by atoms with Crippen LogP contribution in [0.25, 0.3) is 0 Å². The molecule has 0 spiro atoms. The fraction of sp³-hybridized carbons (Fsp3) is 0.778. The number of nitrogens with zero attached hydrogens (tertiary/aromatic N) is 4. The van der Waals surface area contributed by atoms with Crippen LogP contribution in [0.5, 0.6) is 0 Å². The van der Waals surface area contributed by atoms with Gasteiger partial charge >= 0.3 is 0 Å². The van der Waals surface area contributed by atoms with Crippen LogP contribution in [0, 0.1) is 0 Å². The molecular weight excluding hydrogens is 392 g/mol. The van der Waals surface area contributed by atoms with Crippen molar-refractivity contribution in [2.45, 2.75) is 6.92 Å². The van der Waals surface area contributed by atoms with Gasteiger partial charge in [-0.05, 0) is 6.92 Å². The summed E-state index contributed by atoms with van der Waals surface area (Å²) in [6, 6.07) is 0. The van der Waals surface area contributed by atoms with Crippen molar-refractivity contribution in [1.82, 2.24) is 24.9 Å². The summed E-state index contributed by atoms with van der Waals surface area (Å²) in [4.78, 5) is 54.1. The number of primary amides is 3. The molecule has 7 N–H and O–H groups in total. The van der Waals surface area contributed by atoms with E-state index in [9.17, 15) is 19.2 Å². The Hall–Kier alpha value is -2.28. The van der Waals surface area contributed by atoms with Crippen LogP contribution in [-0.2, 0) is 19.2 Å². The lowest BCUT2D eigenvalue weighted by atomic mass is 10.3. The van der Waals surface area contributed by atoms with Crippen molar-refractivity contribution in [3.05, 3.63) is 0 Å². The molecule has 0 radical (unpaired) electrons. The van der Waals surface area contributed by atoms with E-state index in [1.807, 2.05) is 26.5 Å². The van der Waals surface area contributed by atoms with Crippen LogP contribution in [0.3, 0.4) is 0 Å². The highest BCUT2D eigenvalue weighted by Crippen LogP contribution is 2.01. The zero-order chi connectivity index (χ0) is 22.5. The minimum absolute atomic E-state index is 0.0815. The third-order valence-electron chi connectivity index (χ3n) is 4.81. The third-order valence-corrected chi connectivity index (χ3v) is 4.81. The van der Waals surface area contributed by atoms with Crippen molar-refractivity contribution in [3.63, 3.8) is 0 Å². The van der Waals surface area contributed by atoms with Crippen molar-refractivity contribution in [2.24, 2.45) is 17.2 Å². The number of carbonyl (C=O) groups excluding carboxylic acids is 4. The molecule has 12 nitrogen and oxygen atoms in total. The van der Waals surface area contributed by atoms with Gasteiger partial charge in [0.15, 0.2) is 0 Å². The quantitative estimate of drug-likeness (QED) is 0.286. The molecule has 30 heavy (non-hydrogen) atoms. The van der Waals surface area contributed by atoms with Gasteiger partial charge in [0.2, 0.25) is 23.6 Å². The lowest BCUT2D eigenvalue weighted by Crippen LogP contribution is -2.50.